The molecule has 20 heavy (non-hydrogen) atoms. The van der Waals surface area contributed by atoms with Gasteiger partial charge in [-0.25, -0.2) is 0 Å². The van der Waals surface area contributed by atoms with E-state index in [1.807, 2.05) is 42.5 Å². The summed E-state index contributed by atoms with van der Waals surface area (Å²) in [6, 6.07) is 18.0. The summed E-state index contributed by atoms with van der Waals surface area (Å²) >= 11 is 0. The number of aromatic nitrogens is 3. The van der Waals surface area contributed by atoms with Gasteiger partial charge >= 0.3 is 0 Å². The quantitative estimate of drug-likeness (QED) is 0.740. The normalized spacial score (nSPS) is 10.4. The third-order valence-electron chi connectivity index (χ3n) is 2.90. The smallest absolute Gasteiger partial charge is 0.225 e. The number of nitrogens with two attached hydrogens (primary N) is 2. The second-order valence-electron chi connectivity index (χ2n) is 4.32. The number of hydrogen-bond acceptors (Lipinski definition) is 5. The van der Waals surface area contributed by atoms with Gasteiger partial charge in [0.2, 0.25) is 11.9 Å². The van der Waals surface area contributed by atoms with Crippen LogP contribution < -0.4 is 11.5 Å². The molecular formula is C15H13N5. The first-order valence-electron chi connectivity index (χ1n) is 6.15. The van der Waals surface area contributed by atoms with Crippen molar-refractivity contribution in [3.05, 3.63) is 54.6 Å². The van der Waals surface area contributed by atoms with Crippen LogP contribution in [-0.4, -0.2) is 15.0 Å². The molecule has 1 heterocycles. The van der Waals surface area contributed by atoms with Gasteiger partial charge in [-0.05, 0) is 17.2 Å². The second kappa shape index (κ2) is 4.97. The lowest BCUT2D eigenvalue weighted by molar-refractivity contribution is 1.09. The molecule has 0 amide bonds. The summed E-state index contributed by atoms with van der Waals surface area (Å²) in [4.78, 5) is 12.0. The molecule has 3 rings (SSSR count). The van der Waals surface area contributed by atoms with E-state index in [1.54, 1.807) is 0 Å². The van der Waals surface area contributed by atoms with Crippen LogP contribution in [0.25, 0.3) is 22.5 Å². The minimum atomic E-state index is 0.123. The first kappa shape index (κ1) is 12.1. The van der Waals surface area contributed by atoms with Gasteiger partial charge in [0.05, 0.1) is 0 Å². The third-order valence-corrected chi connectivity index (χ3v) is 2.90. The number of benzene rings is 2. The fraction of sp³-hybridized carbons (Fsp3) is 0. The first-order valence-corrected chi connectivity index (χ1v) is 6.15. The summed E-state index contributed by atoms with van der Waals surface area (Å²) in [5.74, 6) is 0.725. The maximum atomic E-state index is 5.60. The van der Waals surface area contributed by atoms with Crippen LogP contribution in [0.3, 0.4) is 0 Å². The number of anilines is 2. The molecule has 5 heteroatoms. The van der Waals surface area contributed by atoms with Gasteiger partial charge in [-0.3, -0.25) is 0 Å². The molecule has 2 aromatic carbocycles. The molecule has 1 aromatic heterocycles. The minimum absolute atomic E-state index is 0.123. The molecule has 0 aliphatic rings. The van der Waals surface area contributed by atoms with Crippen LogP contribution in [0.15, 0.2) is 54.6 Å². The Morgan fingerprint density at radius 3 is 1.90 bits per heavy atom. The largest absolute Gasteiger partial charge is 0.368 e. The fourth-order valence-corrected chi connectivity index (χ4v) is 2.01. The van der Waals surface area contributed by atoms with E-state index in [0.29, 0.717) is 5.82 Å². The number of rotatable bonds is 2. The lowest BCUT2D eigenvalue weighted by Crippen LogP contribution is -2.04. The van der Waals surface area contributed by atoms with Crippen molar-refractivity contribution in [2.75, 3.05) is 11.5 Å². The van der Waals surface area contributed by atoms with Crippen molar-refractivity contribution < 1.29 is 0 Å². The van der Waals surface area contributed by atoms with E-state index in [9.17, 15) is 0 Å². The summed E-state index contributed by atoms with van der Waals surface area (Å²) in [6.07, 6.45) is 0. The lowest BCUT2D eigenvalue weighted by atomic mass is 10.0. The molecule has 0 fully saturated rings. The molecule has 0 unspecified atom stereocenters. The van der Waals surface area contributed by atoms with Crippen LogP contribution in [0.1, 0.15) is 0 Å². The van der Waals surface area contributed by atoms with E-state index in [1.165, 1.54) is 0 Å². The highest BCUT2D eigenvalue weighted by Crippen LogP contribution is 2.24. The van der Waals surface area contributed by atoms with E-state index in [0.717, 1.165) is 16.7 Å². The maximum absolute atomic E-state index is 5.60. The lowest BCUT2D eigenvalue weighted by Gasteiger charge is -2.05. The average Bonchev–Trinajstić information content (AvgIpc) is 2.47. The molecule has 0 saturated carbocycles. The summed E-state index contributed by atoms with van der Waals surface area (Å²) in [5, 5.41) is 0. The highest BCUT2D eigenvalue weighted by Gasteiger charge is 2.06. The molecule has 0 spiro atoms. The summed E-state index contributed by atoms with van der Waals surface area (Å²) in [6.45, 7) is 0. The monoisotopic (exact) mass is 263 g/mol. The SMILES string of the molecule is Nc1nc(N)nc(-c2cccc(-c3ccccc3)c2)n1. The number of nitrogen functional groups attached to an aromatic ring is 2. The van der Waals surface area contributed by atoms with Crippen LogP contribution in [0.4, 0.5) is 11.9 Å². The predicted octanol–water partition coefficient (Wildman–Crippen LogP) is 2.37. The van der Waals surface area contributed by atoms with Gasteiger partial charge in [-0.2, -0.15) is 15.0 Å². The predicted molar refractivity (Wildman–Crippen MR) is 79.5 cm³/mol. The molecule has 0 bridgehead atoms. The Labute approximate surface area is 116 Å². The topological polar surface area (TPSA) is 90.7 Å². The molecule has 0 atom stereocenters. The Kier molecular flexibility index (Phi) is 3.01. The molecule has 3 aromatic rings. The average molecular weight is 263 g/mol. The van der Waals surface area contributed by atoms with Crippen LogP contribution in [-0.2, 0) is 0 Å². The van der Waals surface area contributed by atoms with Crippen LogP contribution in [0.5, 0.6) is 0 Å². The van der Waals surface area contributed by atoms with Crippen molar-refractivity contribution in [3.8, 4) is 22.5 Å². The van der Waals surface area contributed by atoms with E-state index < -0.39 is 0 Å². The fourth-order valence-electron chi connectivity index (χ4n) is 2.01. The third kappa shape index (κ3) is 2.42. The van der Waals surface area contributed by atoms with E-state index in [2.05, 4.69) is 27.1 Å². The van der Waals surface area contributed by atoms with Crippen LogP contribution in [0, 0.1) is 0 Å². The van der Waals surface area contributed by atoms with Crippen molar-refractivity contribution in [1.82, 2.24) is 15.0 Å². The number of nitrogens with zero attached hydrogens (tertiary/aromatic N) is 3. The van der Waals surface area contributed by atoms with Gasteiger partial charge in [0.1, 0.15) is 0 Å². The van der Waals surface area contributed by atoms with Crippen LogP contribution in [0.2, 0.25) is 0 Å². The Morgan fingerprint density at radius 2 is 1.20 bits per heavy atom. The van der Waals surface area contributed by atoms with Gasteiger partial charge in [0.15, 0.2) is 5.82 Å². The Balaban J connectivity index is 2.07. The van der Waals surface area contributed by atoms with Crippen molar-refractivity contribution in [2.24, 2.45) is 0 Å². The number of hydrogen-bond donors (Lipinski definition) is 2. The first-order chi connectivity index (χ1) is 9.72. The molecule has 98 valence electrons. The molecule has 5 nitrogen and oxygen atoms in total. The molecular weight excluding hydrogens is 250 g/mol. The van der Waals surface area contributed by atoms with Gasteiger partial charge in [0.25, 0.3) is 0 Å². The Morgan fingerprint density at radius 1 is 0.600 bits per heavy atom. The van der Waals surface area contributed by atoms with Gasteiger partial charge in [-0.1, -0.05) is 48.5 Å². The van der Waals surface area contributed by atoms with E-state index >= 15 is 0 Å². The van der Waals surface area contributed by atoms with Gasteiger partial charge in [-0.15, -0.1) is 0 Å². The zero-order valence-corrected chi connectivity index (χ0v) is 10.7. The van der Waals surface area contributed by atoms with E-state index in [-0.39, 0.29) is 11.9 Å². The second-order valence-corrected chi connectivity index (χ2v) is 4.32. The van der Waals surface area contributed by atoms with Gasteiger partial charge < -0.3 is 11.5 Å². The highest BCUT2D eigenvalue weighted by molar-refractivity contribution is 5.70. The molecule has 0 saturated heterocycles. The standard InChI is InChI=1S/C15H13N5/c16-14-18-13(19-15(17)20-14)12-8-4-7-11(9-12)10-5-2-1-3-6-10/h1-9H,(H4,16,17,18,19,20). The van der Waals surface area contributed by atoms with Crippen molar-refractivity contribution >= 4 is 11.9 Å². The van der Waals surface area contributed by atoms with Gasteiger partial charge in [0, 0.05) is 5.56 Å². The maximum Gasteiger partial charge on any atom is 0.225 e. The van der Waals surface area contributed by atoms with Crippen LogP contribution >= 0.6 is 0 Å². The van der Waals surface area contributed by atoms with Crippen molar-refractivity contribution in [1.29, 1.82) is 0 Å². The Hall–Kier alpha value is -2.95. The molecule has 0 aliphatic heterocycles. The summed E-state index contributed by atoms with van der Waals surface area (Å²) in [5.41, 5.74) is 14.3. The zero-order chi connectivity index (χ0) is 13.9. The minimum Gasteiger partial charge on any atom is -0.368 e. The molecule has 0 radical (unpaired) electrons. The highest BCUT2D eigenvalue weighted by atomic mass is 15.1. The van der Waals surface area contributed by atoms with Crippen molar-refractivity contribution in [2.45, 2.75) is 0 Å². The molecule has 0 aliphatic carbocycles. The molecule has 4 N–H and O–H groups in total. The Bertz CT molecular complexity index is 720. The van der Waals surface area contributed by atoms with Crippen molar-refractivity contribution in [3.63, 3.8) is 0 Å². The summed E-state index contributed by atoms with van der Waals surface area (Å²) < 4.78 is 0. The zero-order valence-electron chi connectivity index (χ0n) is 10.7. The van der Waals surface area contributed by atoms with E-state index in [4.69, 9.17) is 11.5 Å². The summed E-state index contributed by atoms with van der Waals surface area (Å²) in [7, 11) is 0.